The zero-order chi connectivity index (χ0) is 13.9. The molecular weight excluding hydrogens is 268 g/mol. The molecule has 0 spiro atoms. The van der Waals surface area contributed by atoms with E-state index in [2.05, 4.69) is 14.8 Å². The highest BCUT2D eigenvalue weighted by Crippen LogP contribution is 2.25. The third-order valence-electron chi connectivity index (χ3n) is 2.86. The molecule has 0 aromatic heterocycles. The summed E-state index contributed by atoms with van der Waals surface area (Å²) < 4.78 is 30.1. The van der Waals surface area contributed by atoms with E-state index < -0.39 is 21.7 Å². The van der Waals surface area contributed by atoms with Gasteiger partial charge in [-0.1, -0.05) is 6.07 Å². The van der Waals surface area contributed by atoms with Gasteiger partial charge in [-0.05, 0) is 30.5 Å². The Balaban J connectivity index is 2.13. The van der Waals surface area contributed by atoms with Crippen LogP contribution in [0.15, 0.2) is 18.2 Å². The summed E-state index contributed by atoms with van der Waals surface area (Å²) in [6.07, 6.45) is 2.05. The van der Waals surface area contributed by atoms with E-state index in [1.165, 1.54) is 5.56 Å². The molecule has 0 bridgehead atoms. The lowest BCUT2D eigenvalue weighted by Gasteiger charge is -2.19. The van der Waals surface area contributed by atoms with Gasteiger partial charge in [-0.25, -0.2) is 8.42 Å². The number of carbonyl (C=O) groups excluding carboxylic acids is 1. The highest BCUT2D eigenvalue weighted by Gasteiger charge is 2.18. The molecule has 0 fully saturated rings. The molecule has 2 N–H and O–H groups in total. The van der Waals surface area contributed by atoms with Crippen molar-refractivity contribution in [3.8, 4) is 0 Å². The molecule has 2 rings (SSSR count). The minimum Gasteiger partial charge on any atom is -0.468 e. The lowest BCUT2D eigenvalue weighted by atomic mass is 10.0. The molecule has 19 heavy (non-hydrogen) atoms. The first-order valence-electron chi connectivity index (χ1n) is 5.94. The number of benzene rings is 1. The van der Waals surface area contributed by atoms with Crippen molar-refractivity contribution in [2.75, 3.05) is 29.4 Å². The van der Waals surface area contributed by atoms with Crippen molar-refractivity contribution in [1.29, 1.82) is 0 Å². The minimum atomic E-state index is -3.72. The molecule has 1 aliphatic rings. The summed E-state index contributed by atoms with van der Waals surface area (Å²) in [6, 6.07) is 5.32. The summed E-state index contributed by atoms with van der Waals surface area (Å²) in [6.45, 7) is 0.880. The number of hydrogen-bond acceptors (Lipinski definition) is 5. The van der Waals surface area contributed by atoms with Gasteiger partial charge in [0.15, 0.2) is 5.75 Å². The lowest BCUT2D eigenvalue weighted by Crippen LogP contribution is -2.23. The minimum absolute atomic E-state index is 0.442. The second kappa shape index (κ2) is 5.48. The maximum Gasteiger partial charge on any atom is 0.322 e. The first-order valence-corrected chi connectivity index (χ1v) is 7.59. The Bertz CT molecular complexity index is 583. The van der Waals surface area contributed by atoms with E-state index >= 15 is 0 Å². The normalized spacial score (nSPS) is 14.2. The molecule has 0 atom stereocenters. The van der Waals surface area contributed by atoms with E-state index in [-0.39, 0.29) is 0 Å². The van der Waals surface area contributed by atoms with E-state index in [1.807, 2.05) is 6.07 Å². The zero-order valence-electron chi connectivity index (χ0n) is 10.6. The Morgan fingerprint density at radius 3 is 3.00 bits per heavy atom. The quantitative estimate of drug-likeness (QED) is 0.804. The fourth-order valence-corrected chi connectivity index (χ4v) is 2.94. The molecule has 104 valence electrons. The van der Waals surface area contributed by atoms with Crippen molar-refractivity contribution in [2.24, 2.45) is 0 Å². The van der Waals surface area contributed by atoms with Gasteiger partial charge in [0, 0.05) is 12.2 Å². The molecule has 1 heterocycles. The van der Waals surface area contributed by atoms with Crippen LogP contribution in [0.25, 0.3) is 0 Å². The van der Waals surface area contributed by atoms with E-state index in [0.29, 0.717) is 5.69 Å². The van der Waals surface area contributed by atoms with Crippen LogP contribution in [-0.2, 0) is 26.0 Å². The Morgan fingerprint density at radius 2 is 2.26 bits per heavy atom. The monoisotopic (exact) mass is 284 g/mol. The van der Waals surface area contributed by atoms with Crippen molar-refractivity contribution in [2.45, 2.75) is 12.8 Å². The Kier molecular flexibility index (Phi) is 3.94. The number of sulfonamides is 1. The summed E-state index contributed by atoms with van der Waals surface area (Å²) in [5.41, 5.74) is 2.55. The average Bonchev–Trinajstić information content (AvgIpc) is 2.37. The Hall–Kier alpha value is -1.76. The van der Waals surface area contributed by atoms with E-state index in [1.54, 1.807) is 12.1 Å². The summed E-state index contributed by atoms with van der Waals surface area (Å²) in [5, 5.41) is 3.21. The van der Waals surface area contributed by atoms with Gasteiger partial charge in [-0.3, -0.25) is 9.52 Å². The Morgan fingerprint density at radius 1 is 1.47 bits per heavy atom. The number of nitrogens with one attached hydrogen (secondary N) is 2. The maximum absolute atomic E-state index is 11.7. The highest BCUT2D eigenvalue weighted by molar-refractivity contribution is 7.93. The van der Waals surface area contributed by atoms with E-state index in [9.17, 15) is 13.2 Å². The van der Waals surface area contributed by atoms with Gasteiger partial charge < -0.3 is 10.1 Å². The maximum atomic E-state index is 11.7. The number of fused-ring (bicyclic) bond motifs is 1. The van der Waals surface area contributed by atoms with Gasteiger partial charge in [-0.2, -0.15) is 0 Å². The second-order valence-electron chi connectivity index (χ2n) is 4.34. The van der Waals surface area contributed by atoms with Crippen LogP contribution in [0, 0.1) is 0 Å². The van der Waals surface area contributed by atoms with Crippen LogP contribution in [-0.4, -0.2) is 33.8 Å². The van der Waals surface area contributed by atoms with Crippen LogP contribution in [0.3, 0.4) is 0 Å². The largest absolute Gasteiger partial charge is 0.468 e. The van der Waals surface area contributed by atoms with Crippen LogP contribution in [0.1, 0.15) is 12.0 Å². The number of carbonyl (C=O) groups is 1. The van der Waals surface area contributed by atoms with Crippen molar-refractivity contribution in [1.82, 2.24) is 0 Å². The number of esters is 1. The van der Waals surface area contributed by atoms with Crippen LogP contribution in [0.4, 0.5) is 11.4 Å². The molecule has 0 radical (unpaired) electrons. The number of anilines is 2. The van der Waals surface area contributed by atoms with Crippen LogP contribution in [0.2, 0.25) is 0 Å². The SMILES string of the molecule is COC(=O)CS(=O)(=O)Nc1ccc2c(c1)NCCC2. The standard InChI is InChI=1S/C12H16N2O4S/c1-18-12(15)8-19(16,17)14-10-5-4-9-3-2-6-13-11(9)7-10/h4-5,7,13-14H,2-3,6,8H2,1H3. The third-order valence-corrected chi connectivity index (χ3v) is 4.02. The number of hydrogen-bond donors (Lipinski definition) is 2. The topological polar surface area (TPSA) is 84.5 Å². The van der Waals surface area contributed by atoms with Gasteiger partial charge in [0.05, 0.1) is 12.8 Å². The average molecular weight is 284 g/mol. The first kappa shape index (κ1) is 13.7. The van der Waals surface area contributed by atoms with Crippen LogP contribution in [0.5, 0.6) is 0 Å². The molecule has 1 aromatic rings. The lowest BCUT2D eigenvalue weighted by molar-refractivity contribution is -0.137. The summed E-state index contributed by atoms with van der Waals surface area (Å²) in [4.78, 5) is 11.0. The molecule has 0 amide bonds. The van der Waals surface area contributed by atoms with Gasteiger partial charge >= 0.3 is 5.97 Å². The van der Waals surface area contributed by atoms with Gasteiger partial charge in [0.25, 0.3) is 0 Å². The first-order chi connectivity index (χ1) is 9.00. The van der Waals surface area contributed by atoms with Gasteiger partial charge in [0.1, 0.15) is 0 Å². The van der Waals surface area contributed by atoms with Crippen LogP contribution < -0.4 is 10.0 Å². The highest BCUT2D eigenvalue weighted by atomic mass is 32.2. The van der Waals surface area contributed by atoms with Crippen molar-refractivity contribution >= 4 is 27.4 Å². The fraction of sp³-hybridized carbons (Fsp3) is 0.417. The third kappa shape index (κ3) is 3.60. The molecular formula is C12H16N2O4S. The summed E-state index contributed by atoms with van der Waals surface area (Å²) >= 11 is 0. The number of methoxy groups -OCH3 is 1. The van der Waals surface area contributed by atoms with E-state index in [4.69, 9.17) is 0 Å². The molecule has 0 aliphatic carbocycles. The summed E-state index contributed by atoms with van der Waals surface area (Å²) in [5.74, 6) is -1.47. The molecule has 0 unspecified atom stereocenters. The predicted molar refractivity (Wildman–Crippen MR) is 72.7 cm³/mol. The van der Waals surface area contributed by atoms with Gasteiger partial charge in [-0.15, -0.1) is 0 Å². The van der Waals surface area contributed by atoms with Crippen molar-refractivity contribution < 1.29 is 17.9 Å². The van der Waals surface area contributed by atoms with Crippen LogP contribution >= 0.6 is 0 Å². The fourth-order valence-electron chi connectivity index (χ4n) is 1.95. The molecule has 0 saturated carbocycles. The molecule has 7 heteroatoms. The van der Waals surface area contributed by atoms with Crippen molar-refractivity contribution in [3.63, 3.8) is 0 Å². The Labute approximate surface area is 112 Å². The predicted octanol–water partition coefficient (Wildman–Crippen LogP) is 0.959. The number of ether oxygens (including phenoxy) is 1. The van der Waals surface area contributed by atoms with Crippen molar-refractivity contribution in [3.05, 3.63) is 23.8 Å². The molecule has 6 nitrogen and oxygen atoms in total. The molecule has 1 aliphatic heterocycles. The summed E-state index contributed by atoms with van der Waals surface area (Å²) in [7, 11) is -2.57. The number of aryl methyl sites for hydroxylation is 1. The second-order valence-corrected chi connectivity index (χ2v) is 6.06. The molecule has 0 saturated heterocycles. The van der Waals surface area contributed by atoms with E-state index in [0.717, 1.165) is 32.2 Å². The molecule has 1 aromatic carbocycles. The number of rotatable bonds is 4. The van der Waals surface area contributed by atoms with Gasteiger partial charge in [0.2, 0.25) is 10.0 Å². The zero-order valence-corrected chi connectivity index (χ0v) is 11.4. The smallest absolute Gasteiger partial charge is 0.322 e.